The predicted molar refractivity (Wildman–Crippen MR) is 68.5 cm³/mol. The van der Waals surface area contributed by atoms with Crippen molar-refractivity contribution in [2.45, 2.75) is 25.8 Å². The van der Waals surface area contributed by atoms with Crippen LogP contribution in [0.5, 0.6) is 0 Å². The van der Waals surface area contributed by atoms with Crippen LogP contribution in [0.1, 0.15) is 20.3 Å². The van der Waals surface area contributed by atoms with E-state index in [0.717, 1.165) is 0 Å². The molecule has 0 aliphatic carbocycles. The Morgan fingerprint density at radius 3 is 2.47 bits per heavy atom. The second-order valence-corrected chi connectivity index (χ2v) is 9.31. The number of sulfone groups is 1. The van der Waals surface area contributed by atoms with Gasteiger partial charge in [-0.3, -0.25) is 0 Å². The summed E-state index contributed by atoms with van der Waals surface area (Å²) < 4.78 is 48.8. The van der Waals surface area contributed by atoms with Gasteiger partial charge in [0.05, 0.1) is 17.3 Å². The molecule has 0 radical (unpaired) electrons. The molecule has 17 heavy (non-hydrogen) atoms. The zero-order valence-corrected chi connectivity index (χ0v) is 12.3. The van der Waals surface area contributed by atoms with Crippen molar-refractivity contribution in [1.29, 1.82) is 0 Å². The maximum Gasteiger partial charge on any atom is 0.212 e. The zero-order valence-electron chi connectivity index (χ0n) is 9.94. The van der Waals surface area contributed by atoms with Gasteiger partial charge in [0.15, 0.2) is 9.84 Å². The molecular weight excluding hydrogens is 286 g/mol. The third-order valence-corrected chi connectivity index (χ3v) is 6.91. The number of alkyl halides is 1. The van der Waals surface area contributed by atoms with Crippen molar-refractivity contribution >= 4 is 31.5 Å². The lowest BCUT2D eigenvalue weighted by Crippen LogP contribution is -2.48. The molecule has 1 N–H and O–H groups in total. The van der Waals surface area contributed by atoms with Crippen LogP contribution >= 0.6 is 11.6 Å². The summed E-state index contributed by atoms with van der Waals surface area (Å²) in [5.74, 6) is -0.0658. The molecule has 0 aromatic carbocycles. The van der Waals surface area contributed by atoms with Crippen LogP contribution in [0.25, 0.3) is 0 Å². The van der Waals surface area contributed by atoms with E-state index in [1.54, 1.807) is 13.8 Å². The molecule has 1 saturated heterocycles. The van der Waals surface area contributed by atoms with E-state index in [1.807, 2.05) is 0 Å². The van der Waals surface area contributed by atoms with Gasteiger partial charge in [0.2, 0.25) is 10.0 Å². The molecule has 1 aliphatic heterocycles. The summed E-state index contributed by atoms with van der Waals surface area (Å²) in [6.07, 6.45) is 0.323. The van der Waals surface area contributed by atoms with Crippen molar-refractivity contribution < 1.29 is 16.8 Å². The van der Waals surface area contributed by atoms with Crippen LogP contribution in [-0.4, -0.2) is 45.5 Å². The second kappa shape index (κ2) is 5.03. The highest BCUT2D eigenvalue weighted by molar-refractivity contribution is 7.92. The molecule has 1 heterocycles. The first-order chi connectivity index (χ1) is 7.58. The predicted octanol–water partition coefficient (Wildman–Crippen LogP) is 0.358. The van der Waals surface area contributed by atoms with Gasteiger partial charge >= 0.3 is 0 Å². The van der Waals surface area contributed by atoms with E-state index in [-0.39, 0.29) is 29.1 Å². The molecule has 2 unspecified atom stereocenters. The number of hydrogen-bond acceptors (Lipinski definition) is 4. The van der Waals surface area contributed by atoms with Crippen molar-refractivity contribution in [3.63, 3.8) is 0 Å². The smallest absolute Gasteiger partial charge is 0.212 e. The Labute approximate surface area is 108 Å². The molecule has 8 heteroatoms. The average Bonchev–Trinajstić information content (AvgIpc) is 2.37. The monoisotopic (exact) mass is 303 g/mol. The number of halogens is 1. The fraction of sp³-hybridized carbons (Fsp3) is 1.00. The molecular formula is C9H18ClNO4S2. The number of rotatable bonds is 5. The summed E-state index contributed by atoms with van der Waals surface area (Å²) in [6, 6.07) is 0. The number of sulfonamides is 1. The minimum absolute atomic E-state index is 0.0388. The quantitative estimate of drug-likeness (QED) is 0.744. The maximum absolute atomic E-state index is 11.8. The average molecular weight is 304 g/mol. The van der Waals surface area contributed by atoms with Crippen molar-refractivity contribution in [2.24, 2.45) is 5.92 Å². The highest BCUT2D eigenvalue weighted by Gasteiger charge is 2.41. The largest absolute Gasteiger partial charge is 0.229 e. The highest BCUT2D eigenvalue weighted by atomic mass is 35.5. The molecule has 0 amide bonds. The summed E-state index contributed by atoms with van der Waals surface area (Å²) in [6.45, 7) is 3.36. The molecule has 5 nitrogen and oxygen atoms in total. The Morgan fingerprint density at radius 2 is 2.06 bits per heavy atom. The Bertz CT molecular complexity index is 473. The van der Waals surface area contributed by atoms with E-state index in [9.17, 15) is 16.8 Å². The molecule has 0 aromatic heterocycles. The first-order valence-corrected chi connectivity index (χ1v) is 9.36. The molecule has 0 aromatic rings. The first-order valence-electron chi connectivity index (χ1n) is 5.36. The van der Waals surface area contributed by atoms with Crippen LogP contribution in [-0.2, 0) is 19.9 Å². The molecule has 1 rings (SSSR count). The molecule has 1 fully saturated rings. The zero-order chi connectivity index (χ0) is 13.3. The summed E-state index contributed by atoms with van der Waals surface area (Å²) in [7, 11) is -6.60. The SMILES string of the molecule is CC(CCl)CS(=O)(=O)NC1(C)CCS(=O)(=O)C1. The standard InChI is InChI=1S/C9H18ClNO4S2/c1-8(5-10)6-17(14,15)11-9(2)3-4-16(12,13)7-9/h8,11H,3-7H2,1-2H3. The van der Waals surface area contributed by atoms with Crippen molar-refractivity contribution in [3.05, 3.63) is 0 Å². The Morgan fingerprint density at radius 1 is 1.47 bits per heavy atom. The minimum Gasteiger partial charge on any atom is -0.229 e. The van der Waals surface area contributed by atoms with Crippen molar-refractivity contribution in [3.8, 4) is 0 Å². The lowest BCUT2D eigenvalue weighted by Gasteiger charge is -2.24. The summed E-state index contributed by atoms with van der Waals surface area (Å²) in [5.41, 5.74) is -0.871. The van der Waals surface area contributed by atoms with E-state index >= 15 is 0 Å². The van der Waals surface area contributed by atoms with Gasteiger partial charge in [-0.1, -0.05) is 6.92 Å². The third kappa shape index (κ3) is 4.73. The molecule has 0 spiro atoms. The number of hydrogen-bond donors (Lipinski definition) is 1. The van der Waals surface area contributed by atoms with Crippen LogP contribution in [0, 0.1) is 5.92 Å². The van der Waals surface area contributed by atoms with Gasteiger partial charge in [-0.15, -0.1) is 11.6 Å². The molecule has 0 saturated carbocycles. The van der Waals surface area contributed by atoms with Crippen LogP contribution in [0.2, 0.25) is 0 Å². The van der Waals surface area contributed by atoms with Crippen LogP contribution in [0.4, 0.5) is 0 Å². The van der Waals surface area contributed by atoms with Crippen LogP contribution in [0.15, 0.2) is 0 Å². The van der Waals surface area contributed by atoms with Crippen LogP contribution < -0.4 is 4.72 Å². The molecule has 2 atom stereocenters. The Balaban J connectivity index is 2.72. The van der Waals surface area contributed by atoms with Gasteiger partial charge < -0.3 is 0 Å². The third-order valence-electron chi connectivity index (χ3n) is 2.67. The summed E-state index contributed by atoms with van der Waals surface area (Å²) >= 11 is 5.57. The fourth-order valence-corrected chi connectivity index (χ4v) is 6.23. The van der Waals surface area contributed by atoms with Gasteiger partial charge in [-0.25, -0.2) is 21.6 Å². The minimum atomic E-state index is -3.48. The van der Waals surface area contributed by atoms with Crippen molar-refractivity contribution in [2.75, 3.05) is 23.1 Å². The topological polar surface area (TPSA) is 80.3 Å². The molecule has 1 aliphatic rings. The lowest BCUT2D eigenvalue weighted by molar-refractivity contribution is 0.459. The summed E-state index contributed by atoms with van der Waals surface area (Å²) in [4.78, 5) is 0. The number of nitrogens with one attached hydrogen (secondary N) is 1. The van der Waals surface area contributed by atoms with E-state index in [4.69, 9.17) is 11.6 Å². The fourth-order valence-electron chi connectivity index (χ4n) is 1.93. The maximum atomic E-state index is 11.8. The van der Waals surface area contributed by atoms with Gasteiger partial charge in [-0.05, 0) is 19.3 Å². The van der Waals surface area contributed by atoms with Gasteiger partial charge in [0.25, 0.3) is 0 Å². The molecule has 0 bridgehead atoms. The Kier molecular flexibility index (Phi) is 4.50. The van der Waals surface area contributed by atoms with E-state index in [0.29, 0.717) is 6.42 Å². The normalized spacial score (nSPS) is 30.3. The molecule has 102 valence electrons. The van der Waals surface area contributed by atoms with Gasteiger partial charge in [0, 0.05) is 11.4 Å². The lowest BCUT2D eigenvalue weighted by atomic mass is 10.0. The summed E-state index contributed by atoms with van der Waals surface area (Å²) in [5, 5.41) is 0. The van der Waals surface area contributed by atoms with Crippen LogP contribution in [0.3, 0.4) is 0 Å². The van der Waals surface area contributed by atoms with Gasteiger partial charge in [0.1, 0.15) is 0 Å². The first kappa shape index (κ1) is 15.2. The second-order valence-electron chi connectivity index (χ2n) is 5.05. The highest BCUT2D eigenvalue weighted by Crippen LogP contribution is 2.24. The van der Waals surface area contributed by atoms with Gasteiger partial charge in [-0.2, -0.15) is 0 Å². The van der Waals surface area contributed by atoms with E-state index in [2.05, 4.69) is 4.72 Å². The van der Waals surface area contributed by atoms with Crippen molar-refractivity contribution in [1.82, 2.24) is 4.72 Å². The Hall–Kier alpha value is 0.150. The van der Waals surface area contributed by atoms with E-state index < -0.39 is 25.4 Å². The van der Waals surface area contributed by atoms with E-state index in [1.165, 1.54) is 0 Å².